The van der Waals surface area contributed by atoms with Gasteiger partial charge < -0.3 is 0 Å². The highest BCUT2D eigenvalue weighted by Crippen LogP contribution is 2.31. The molecule has 0 bridgehead atoms. The number of benzene rings is 1. The van der Waals surface area contributed by atoms with Crippen molar-refractivity contribution in [1.29, 1.82) is 0 Å². The van der Waals surface area contributed by atoms with Gasteiger partial charge in [0.15, 0.2) is 5.82 Å². The zero-order chi connectivity index (χ0) is 11.8. The van der Waals surface area contributed by atoms with Crippen molar-refractivity contribution >= 4 is 55.7 Å². The zero-order valence-corrected chi connectivity index (χ0v) is 12.3. The van der Waals surface area contributed by atoms with Crippen LogP contribution in [0.3, 0.4) is 0 Å². The Morgan fingerprint density at radius 2 is 1.88 bits per heavy atom. The molecule has 0 radical (unpaired) electrons. The summed E-state index contributed by atoms with van der Waals surface area (Å²) in [4.78, 5) is 9.83. The number of fused-ring (bicyclic) bond motifs is 1. The average molecular weight is 373 g/mol. The van der Waals surface area contributed by atoms with Crippen LogP contribution in [-0.2, 0) is 0 Å². The van der Waals surface area contributed by atoms with Crippen molar-refractivity contribution in [3.05, 3.63) is 44.4 Å². The normalized spacial score (nSPS) is 10.9. The van der Waals surface area contributed by atoms with Gasteiger partial charge in [0.2, 0.25) is 0 Å². The highest BCUT2D eigenvalue weighted by atomic mass is 127. The second-order valence-electron chi connectivity index (χ2n) is 3.47. The summed E-state index contributed by atoms with van der Waals surface area (Å²) in [5.74, 6) is 0.682. The lowest BCUT2D eigenvalue weighted by molar-refractivity contribution is 1.24. The van der Waals surface area contributed by atoms with Crippen molar-refractivity contribution in [3.8, 4) is 11.4 Å². The minimum absolute atomic E-state index is 0.521. The van der Waals surface area contributed by atoms with E-state index >= 15 is 0 Å². The number of hydrogen-bond donors (Lipinski definition) is 0. The van der Waals surface area contributed by atoms with Crippen LogP contribution in [0.25, 0.3) is 21.6 Å². The fourth-order valence-corrected chi connectivity index (χ4v) is 3.55. The Morgan fingerprint density at radius 3 is 2.65 bits per heavy atom. The van der Waals surface area contributed by atoms with Crippen LogP contribution in [0.5, 0.6) is 0 Å². The Bertz CT molecular complexity index is 682. The molecule has 3 aromatic rings. The Morgan fingerprint density at radius 1 is 1.12 bits per heavy atom. The summed E-state index contributed by atoms with van der Waals surface area (Å²) in [6.45, 7) is 0. The first-order valence-corrected chi connectivity index (χ1v) is 7.19. The summed E-state index contributed by atoms with van der Waals surface area (Å²) in [5.41, 5.74) is 0.986. The number of hydrogen-bond acceptors (Lipinski definition) is 3. The van der Waals surface area contributed by atoms with Gasteiger partial charge in [0.25, 0.3) is 0 Å². The Labute approximate surface area is 121 Å². The first-order valence-electron chi connectivity index (χ1n) is 4.92. The summed E-state index contributed by atoms with van der Waals surface area (Å²) < 4.78 is 1.17. The molecule has 5 heteroatoms. The van der Waals surface area contributed by atoms with Gasteiger partial charge in [-0.25, -0.2) is 9.97 Å². The zero-order valence-electron chi connectivity index (χ0n) is 8.52. The van der Waals surface area contributed by atoms with E-state index < -0.39 is 0 Å². The van der Waals surface area contributed by atoms with E-state index in [0.29, 0.717) is 11.0 Å². The molecule has 0 unspecified atom stereocenters. The van der Waals surface area contributed by atoms with Gasteiger partial charge in [0, 0.05) is 10.9 Å². The largest absolute Gasteiger partial charge is 0.217 e. The molecule has 17 heavy (non-hydrogen) atoms. The maximum Gasteiger partial charge on any atom is 0.162 e. The SMILES string of the molecule is Clc1nc(-c2ccccc2)nc2sc(I)cc12. The Kier molecular flexibility index (Phi) is 3.02. The monoisotopic (exact) mass is 372 g/mol. The van der Waals surface area contributed by atoms with E-state index in [1.54, 1.807) is 11.3 Å². The van der Waals surface area contributed by atoms with Gasteiger partial charge in [-0.3, -0.25) is 0 Å². The van der Waals surface area contributed by atoms with E-state index in [1.165, 1.54) is 2.88 Å². The third-order valence-corrected chi connectivity index (χ3v) is 4.43. The quantitative estimate of drug-likeness (QED) is 0.460. The van der Waals surface area contributed by atoms with Gasteiger partial charge in [-0.05, 0) is 28.7 Å². The lowest BCUT2D eigenvalue weighted by Gasteiger charge is -2.00. The molecular weight excluding hydrogens is 367 g/mol. The van der Waals surface area contributed by atoms with E-state index in [9.17, 15) is 0 Å². The standard InChI is InChI=1S/C12H6ClIN2S/c13-10-8-6-9(14)17-12(8)16-11(15-10)7-4-2-1-3-5-7/h1-6H. The van der Waals surface area contributed by atoms with Crippen LogP contribution >= 0.6 is 45.5 Å². The molecule has 2 nitrogen and oxygen atoms in total. The first kappa shape index (κ1) is 11.4. The molecule has 0 aliphatic carbocycles. The van der Waals surface area contributed by atoms with Gasteiger partial charge in [-0.1, -0.05) is 41.9 Å². The smallest absolute Gasteiger partial charge is 0.162 e. The summed E-state index contributed by atoms with van der Waals surface area (Å²) in [6.07, 6.45) is 0. The second kappa shape index (κ2) is 4.51. The molecular formula is C12H6ClIN2S. The van der Waals surface area contributed by atoms with E-state index in [-0.39, 0.29) is 0 Å². The van der Waals surface area contributed by atoms with Gasteiger partial charge >= 0.3 is 0 Å². The Balaban J connectivity index is 2.25. The minimum atomic E-state index is 0.521. The van der Waals surface area contributed by atoms with Crippen molar-refractivity contribution in [2.24, 2.45) is 0 Å². The molecule has 84 valence electrons. The first-order chi connectivity index (χ1) is 8.24. The second-order valence-corrected chi connectivity index (χ2v) is 6.76. The van der Waals surface area contributed by atoms with Crippen LogP contribution < -0.4 is 0 Å². The van der Waals surface area contributed by atoms with E-state index in [1.807, 2.05) is 36.4 Å². The predicted molar refractivity (Wildman–Crippen MR) is 80.6 cm³/mol. The van der Waals surface area contributed by atoms with Crippen LogP contribution in [0, 0.1) is 2.88 Å². The molecule has 1 aromatic carbocycles. The van der Waals surface area contributed by atoms with Crippen molar-refractivity contribution < 1.29 is 0 Å². The highest BCUT2D eigenvalue weighted by Gasteiger charge is 2.10. The number of thiophene rings is 1. The summed E-state index contributed by atoms with van der Waals surface area (Å²) in [5, 5.41) is 1.45. The molecule has 0 saturated heterocycles. The number of aromatic nitrogens is 2. The molecule has 0 aliphatic heterocycles. The van der Waals surface area contributed by atoms with Crippen molar-refractivity contribution in [2.75, 3.05) is 0 Å². The minimum Gasteiger partial charge on any atom is -0.217 e. The molecule has 0 atom stereocenters. The predicted octanol–water partition coefficient (Wildman–Crippen LogP) is 4.62. The van der Waals surface area contributed by atoms with Crippen molar-refractivity contribution in [1.82, 2.24) is 9.97 Å². The molecule has 0 aliphatic rings. The highest BCUT2D eigenvalue weighted by molar-refractivity contribution is 14.1. The molecule has 0 amide bonds. The molecule has 2 heterocycles. The van der Waals surface area contributed by atoms with Gasteiger partial charge in [-0.15, -0.1) is 11.3 Å². The third kappa shape index (κ3) is 2.17. The third-order valence-electron chi connectivity index (χ3n) is 2.35. The van der Waals surface area contributed by atoms with Crippen molar-refractivity contribution in [3.63, 3.8) is 0 Å². The van der Waals surface area contributed by atoms with Crippen molar-refractivity contribution in [2.45, 2.75) is 0 Å². The molecule has 3 rings (SSSR count). The molecule has 0 spiro atoms. The molecule has 0 fully saturated rings. The maximum atomic E-state index is 6.18. The summed E-state index contributed by atoms with van der Waals surface area (Å²) in [7, 11) is 0. The lowest BCUT2D eigenvalue weighted by Crippen LogP contribution is -1.88. The number of halogens is 2. The Hall–Kier alpha value is -0.720. The molecule has 2 aromatic heterocycles. The maximum absolute atomic E-state index is 6.18. The van der Waals surface area contributed by atoms with Gasteiger partial charge in [-0.2, -0.15) is 0 Å². The van der Waals surface area contributed by atoms with Crippen LogP contribution in [-0.4, -0.2) is 9.97 Å². The van der Waals surface area contributed by atoms with Crippen LogP contribution in [0.2, 0.25) is 5.15 Å². The molecule has 0 N–H and O–H groups in total. The van der Waals surface area contributed by atoms with Crippen LogP contribution in [0.4, 0.5) is 0 Å². The number of rotatable bonds is 1. The topological polar surface area (TPSA) is 25.8 Å². The summed E-state index contributed by atoms with van der Waals surface area (Å²) in [6, 6.07) is 11.9. The fraction of sp³-hybridized carbons (Fsp3) is 0. The van der Waals surface area contributed by atoms with Gasteiger partial charge in [0.05, 0.1) is 2.88 Å². The summed E-state index contributed by atoms with van der Waals surface area (Å²) >= 11 is 10.1. The lowest BCUT2D eigenvalue weighted by atomic mass is 10.2. The van der Waals surface area contributed by atoms with E-state index in [0.717, 1.165) is 15.8 Å². The fourth-order valence-electron chi connectivity index (χ4n) is 1.57. The molecule has 0 saturated carbocycles. The van der Waals surface area contributed by atoms with Gasteiger partial charge in [0.1, 0.15) is 9.98 Å². The number of nitrogens with zero attached hydrogens (tertiary/aromatic N) is 2. The average Bonchev–Trinajstić information content (AvgIpc) is 2.71. The van der Waals surface area contributed by atoms with Crippen LogP contribution in [0.15, 0.2) is 36.4 Å². The van der Waals surface area contributed by atoms with E-state index in [2.05, 4.69) is 32.6 Å². The van der Waals surface area contributed by atoms with Crippen LogP contribution in [0.1, 0.15) is 0 Å². The van der Waals surface area contributed by atoms with E-state index in [4.69, 9.17) is 11.6 Å².